The second kappa shape index (κ2) is 8.43. The summed E-state index contributed by atoms with van der Waals surface area (Å²) >= 11 is -0.839. The number of pyridine rings is 1. The number of anilines is 2. The van der Waals surface area contributed by atoms with E-state index in [1.54, 1.807) is 36.7 Å². The van der Waals surface area contributed by atoms with E-state index in [-0.39, 0.29) is 5.91 Å². The lowest BCUT2D eigenvalue weighted by Gasteiger charge is -2.21. The van der Waals surface area contributed by atoms with E-state index in [4.69, 9.17) is 0 Å². The predicted molar refractivity (Wildman–Crippen MR) is 109 cm³/mol. The molecule has 27 heavy (non-hydrogen) atoms. The Morgan fingerprint density at radius 2 is 2.07 bits per heavy atom. The van der Waals surface area contributed by atoms with Crippen molar-refractivity contribution >= 4 is 39.2 Å². The molecule has 1 unspecified atom stereocenters. The van der Waals surface area contributed by atoms with Crippen LogP contribution in [-0.2, 0) is 17.8 Å². The van der Waals surface area contributed by atoms with Crippen LogP contribution in [-0.4, -0.2) is 19.7 Å². The van der Waals surface area contributed by atoms with Gasteiger partial charge in [0.15, 0.2) is 0 Å². The molecule has 0 bridgehead atoms. The predicted octanol–water partition coefficient (Wildman–Crippen LogP) is 3.96. The lowest BCUT2D eigenvalue weighted by atomic mass is 10.1. The van der Waals surface area contributed by atoms with E-state index in [1.807, 2.05) is 32.0 Å². The van der Waals surface area contributed by atoms with Crippen LogP contribution in [0, 0.1) is 13.8 Å². The maximum Gasteiger partial charge on any atom is 0.267 e. The molecule has 0 spiro atoms. The number of carbonyl (C=O) groups is 1. The SMILES string of the molecule is Cc1ccc(N(c2cc(C(=O)NCc3cccnc3)ccc2C)S(=O)O)s1. The molecule has 0 fully saturated rings. The zero-order valence-electron chi connectivity index (χ0n) is 14.9. The maximum atomic E-state index is 12.5. The van der Waals surface area contributed by atoms with Crippen molar-refractivity contribution in [2.75, 3.05) is 4.31 Å². The average Bonchev–Trinajstić information content (AvgIpc) is 3.08. The topological polar surface area (TPSA) is 82.5 Å². The Morgan fingerprint density at radius 3 is 2.70 bits per heavy atom. The number of aromatic nitrogens is 1. The first-order valence-corrected chi connectivity index (χ1v) is 10.1. The largest absolute Gasteiger partial charge is 0.348 e. The van der Waals surface area contributed by atoms with Gasteiger partial charge in [0, 0.05) is 29.4 Å². The summed E-state index contributed by atoms with van der Waals surface area (Å²) in [5.74, 6) is -0.258. The van der Waals surface area contributed by atoms with Gasteiger partial charge in [-0.2, -0.15) is 0 Å². The van der Waals surface area contributed by atoms with Gasteiger partial charge in [0.1, 0.15) is 5.00 Å². The third-order valence-corrected chi connectivity index (χ3v) is 5.76. The Bertz CT molecular complexity index is 973. The minimum absolute atomic E-state index is 0.258. The Hall–Kier alpha value is -2.55. The zero-order chi connectivity index (χ0) is 19.4. The van der Waals surface area contributed by atoms with Crippen LogP contribution >= 0.6 is 11.3 Å². The second-order valence-electron chi connectivity index (χ2n) is 5.95. The molecular weight excluding hydrogens is 382 g/mol. The fourth-order valence-electron chi connectivity index (χ4n) is 2.57. The summed E-state index contributed by atoms with van der Waals surface area (Å²) in [6, 6.07) is 12.5. The molecule has 8 heteroatoms. The van der Waals surface area contributed by atoms with Gasteiger partial charge in [0.05, 0.1) is 5.69 Å². The van der Waals surface area contributed by atoms with E-state index >= 15 is 0 Å². The number of thiophene rings is 1. The van der Waals surface area contributed by atoms with Crippen molar-refractivity contribution in [3.05, 3.63) is 76.4 Å². The van der Waals surface area contributed by atoms with Gasteiger partial charge in [0.2, 0.25) is 0 Å². The summed E-state index contributed by atoms with van der Waals surface area (Å²) in [6.07, 6.45) is 3.37. The molecular formula is C19H19N3O3S2. The Kier molecular flexibility index (Phi) is 6.00. The molecule has 3 aromatic rings. The summed E-state index contributed by atoms with van der Waals surface area (Å²) in [6.45, 7) is 4.13. The van der Waals surface area contributed by atoms with Gasteiger partial charge in [-0.15, -0.1) is 11.3 Å². The molecule has 0 aliphatic carbocycles. The van der Waals surface area contributed by atoms with Crippen molar-refractivity contribution in [2.45, 2.75) is 20.4 Å². The van der Waals surface area contributed by atoms with Gasteiger partial charge in [-0.3, -0.25) is 14.3 Å². The molecule has 1 amide bonds. The van der Waals surface area contributed by atoms with E-state index < -0.39 is 11.3 Å². The summed E-state index contributed by atoms with van der Waals surface area (Å²) in [5.41, 5.74) is 2.63. The third kappa shape index (κ3) is 4.60. The maximum absolute atomic E-state index is 12.5. The first-order chi connectivity index (χ1) is 13.0. The number of nitrogens with one attached hydrogen (secondary N) is 1. The summed E-state index contributed by atoms with van der Waals surface area (Å²) < 4.78 is 23.1. The van der Waals surface area contributed by atoms with Crippen LogP contribution in [0.2, 0.25) is 0 Å². The monoisotopic (exact) mass is 401 g/mol. The highest BCUT2D eigenvalue weighted by Gasteiger charge is 2.20. The quantitative estimate of drug-likeness (QED) is 0.613. The molecule has 2 aromatic heterocycles. The number of nitrogens with zero attached hydrogens (tertiary/aromatic N) is 2. The highest BCUT2D eigenvalue weighted by Crippen LogP contribution is 2.35. The average molecular weight is 402 g/mol. The minimum atomic E-state index is -2.25. The number of amides is 1. The van der Waals surface area contributed by atoms with E-state index in [2.05, 4.69) is 10.3 Å². The first kappa shape index (κ1) is 19.2. The smallest absolute Gasteiger partial charge is 0.267 e. The fourth-order valence-corrected chi connectivity index (χ4v) is 4.23. The number of hydrogen-bond acceptors (Lipinski definition) is 4. The van der Waals surface area contributed by atoms with E-state index in [0.29, 0.717) is 22.8 Å². The lowest BCUT2D eigenvalue weighted by molar-refractivity contribution is 0.0951. The molecule has 0 aliphatic heterocycles. The molecule has 6 nitrogen and oxygen atoms in total. The van der Waals surface area contributed by atoms with Crippen LogP contribution in [0.25, 0.3) is 0 Å². The highest BCUT2D eigenvalue weighted by atomic mass is 32.2. The zero-order valence-corrected chi connectivity index (χ0v) is 16.5. The summed E-state index contributed by atoms with van der Waals surface area (Å²) in [7, 11) is 0. The molecule has 2 N–H and O–H groups in total. The van der Waals surface area contributed by atoms with Crippen LogP contribution in [0.3, 0.4) is 0 Å². The van der Waals surface area contributed by atoms with Crippen molar-refractivity contribution in [3.8, 4) is 0 Å². The van der Waals surface area contributed by atoms with Crippen LogP contribution in [0.5, 0.6) is 0 Å². The molecule has 1 atom stereocenters. The van der Waals surface area contributed by atoms with Crippen molar-refractivity contribution in [2.24, 2.45) is 0 Å². The number of aryl methyl sites for hydroxylation is 2. The third-order valence-electron chi connectivity index (χ3n) is 3.95. The number of hydrogen-bond donors (Lipinski definition) is 2. The van der Waals surface area contributed by atoms with Crippen molar-refractivity contribution < 1.29 is 13.6 Å². The van der Waals surface area contributed by atoms with E-state index in [0.717, 1.165) is 16.0 Å². The minimum Gasteiger partial charge on any atom is -0.348 e. The number of carbonyl (C=O) groups excluding carboxylic acids is 1. The molecule has 2 heterocycles. The Labute approximate surface area is 164 Å². The van der Waals surface area contributed by atoms with Crippen molar-refractivity contribution in [1.82, 2.24) is 10.3 Å². The van der Waals surface area contributed by atoms with Gasteiger partial charge in [-0.05, 0) is 55.3 Å². The highest BCUT2D eigenvalue weighted by molar-refractivity contribution is 7.81. The Balaban J connectivity index is 1.86. The van der Waals surface area contributed by atoms with Gasteiger partial charge in [-0.25, -0.2) is 8.51 Å². The van der Waals surface area contributed by atoms with Gasteiger partial charge in [-0.1, -0.05) is 12.1 Å². The molecule has 0 saturated heterocycles. The summed E-state index contributed by atoms with van der Waals surface area (Å²) in [4.78, 5) is 17.6. The standard InChI is InChI=1S/C19H19N3O3S2/c1-13-5-7-16(19(23)21-12-15-4-3-9-20-11-15)10-17(13)22(27(24)25)18-8-6-14(2)26-18/h3-11H,12H2,1-2H3,(H,21,23)(H,24,25). The fraction of sp³-hybridized carbons (Fsp3) is 0.158. The first-order valence-electron chi connectivity index (χ1n) is 8.21. The molecule has 0 saturated carbocycles. The van der Waals surface area contributed by atoms with Crippen LogP contribution in [0.4, 0.5) is 10.7 Å². The summed E-state index contributed by atoms with van der Waals surface area (Å²) in [5, 5.41) is 3.48. The molecule has 140 valence electrons. The Morgan fingerprint density at radius 1 is 1.26 bits per heavy atom. The number of rotatable bonds is 6. The van der Waals surface area contributed by atoms with Crippen molar-refractivity contribution in [1.29, 1.82) is 0 Å². The molecule has 0 aliphatic rings. The lowest BCUT2D eigenvalue weighted by Crippen LogP contribution is -2.24. The van der Waals surface area contributed by atoms with E-state index in [9.17, 15) is 13.6 Å². The van der Waals surface area contributed by atoms with Crippen LogP contribution < -0.4 is 9.62 Å². The van der Waals surface area contributed by atoms with Crippen LogP contribution in [0.1, 0.15) is 26.4 Å². The van der Waals surface area contributed by atoms with Crippen molar-refractivity contribution in [3.63, 3.8) is 0 Å². The van der Waals surface area contributed by atoms with Crippen LogP contribution in [0.15, 0.2) is 54.9 Å². The molecule has 1 aromatic carbocycles. The van der Waals surface area contributed by atoms with Gasteiger partial charge in [0.25, 0.3) is 17.2 Å². The number of benzene rings is 1. The van der Waals surface area contributed by atoms with Gasteiger partial charge >= 0.3 is 0 Å². The normalized spacial score (nSPS) is 11.8. The second-order valence-corrected chi connectivity index (χ2v) is 8.05. The van der Waals surface area contributed by atoms with Gasteiger partial charge < -0.3 is 5.32 Å². The molecule has 0 radical (unpaired) electrons. The molecule has 3 rings (SSSR count). The van der Waals surface area contributed by atoms with E-state index in [1.165, 1.54) is 15.6 Å².